The second kappa shape index (κ2) is 9.41. The number of carbonyl (C=O) groups excluding carboxylic acids is 2. The van der Waals surface area contributed by atoms with Gasteiger partial charge in [0, 0.05) is 37.2 Å². The van der Waals surface area contributed by atoms with Crippen molar-refractivity contribution in [2.45, 2.75) is 31.9 Å². The van der Waals surface area contributed by atoms with Crippen LogP contribution in [0.25, 0.3) is 11.3 Å². The number of aromatic nitrogens is 2. The first kappa shape index (κ1) is 24.3. The molecular weight excluding hydrogens is 461 g/mol. The van der Waals surface area contributed by atoms with Gasteiger partial charge in [-0.1, -0.05) is 30.3 Å². The summed E-state index contributed by atoms with van der Waals surface area (Å²) in [5.74, 6) is -5.08. The Hall–Kier alpha value is -3.86. The van der Waals surface area contributed by atoms with E-state index in [9.17, 15) is 22.8 Å². The Morgan fingerprint density at radius 3 is 2.60 bits per heavy atom. The summed E-state index contributed by atoms with van der Waals surface area (Å²) < 4.78 is 43.5. The number of carbonyl (C=O) groups is 2. The zero-order valence-corrected chi connectivity index (χ0v) is 18.9. The summed E-state index contributed by atoms with van der Waals surface area (Å²) in [6, 6.07) is 9.25. The average molecular weight is 486 g/mol. The number of aryl methyl sites for hydroxylation is 1. The predicted octanol–water partition coefficient (Wildman–Crippen LogP) is 2.78. The van der Waals surface area contributed by atoms with Crippen LogP contribution in [0.1, 0.15) is 44.3 Å². The Bertz CT molecular complexity index is 1270. The monoisotopic (exact) mass is 486 g/mol. The number of rotatable bonds is 6. The quantitative estimate of drug-likeness (QED) is 0.426. The maximum absolute atomic E-state index is 14.5. The zero-order valence-electron chi connectivity index (χ0n) is 18.9. The highest BCUT2D eigenvalue weighted by Crippen LogP contribution is 2.38. The number of hydrogen-bond donors (Lipinski definition) is 4. The maximum Gasteiger partial charge on any atom is 0.272 e. The van der Waals surface area contributed by atoms with E-state index in [1.54, 1.807) is 31.2 Å². The van der Waals surface area contributed by atoms with Crippen molar-refractivity contribution in [2.24, 2.45) is 5.73 Å². The highest BCUT2D eigenvalue weighted by molar-refractivity contribution is 6.03. The van der Waals surface area contributed by atoms with Gasteiger partial charge in [-0.05, 0) is 30.2 Å². The molecule has 0 spiro atoms. The molecule has 0 bridgehead atoms. The van der Waals surface area contributed by atoms with Crippen LogP contribution in [0.15, 0.2) is 42.5 Å². The third-order valence-corrected chi connectivity index (χ3v) is 6.07. The number of piperidine rings is 1. The number of anilines is 1. The van der Waals surface area contributed by atoms with E-state index in [4.69, 9.17) is 11.5 Å². The first-order valence-electron chi connectivity index (χ1n) is 11.0. The van der Waals surface area contributed by atoms with Gasteiger partial charge in [0.25, 0.3) is 17.7 Å². The minimum absolute atomic E-state index is 0.0556. The van der Waals surface area contributed by atoms with E-state index in [0.29, 0.717) is 16.7 Å². The number of nitrogens with two attached hydrogens (primary N) is 2. The summed E-state index contributed by atoms with van der Waals surface area (Å²) >= 11 is 0. The molecule has 2 heterocycles. The first-order chi connectivity index (χ1) is 16.6. The molecule has 11 heteroatoms. The molecule has 0 saturated carbocycles. The van der Waals surface area contributed by atoms with Gasteiger partial charge in [0.15, 0.2) is 0 Å². The minimum atomic E-state index is -3.06. The smallest absolute Gasteiger partial charge is 0.272 e. The number of benzene rings is 2. The van der Waals surface area contributed by atoms with Gasteiger partial charge in [-0.25, -0.2) is 17.9 Å². The highest BCUT2D eigenvalue weighted by atomic mass is 19.3. The van der Waals surface area contributed by atoms with Crippen molar-refractivity contribution in [1.29, 1.82) is 0 Å². The lowest BCUT2D eigenvalue weighted by molar-refractivity contribution is -0.0738. The molecule has 1 aliphatic rings. The van der Waals surface area contributed by atoms with Crippen molar-refractivity contribution in [3.05, 3.63) is 70.5 Å². The van der Waals surface area contributed by atoms with Crippen LogP contribution in [-0.2, 0) is 6.54 Å². The summed E-state index contributed by atoms with van der Waals surface area (Å²) in [6.07, 6.45) is -0.381. The molecule has 3 aromatic rings. The van der Waals surface area contributed by atoms with Crippen molar-refractivity contribution in [3.63, 3.8) is 0 Å². The van der Waals surface area contributed by atoms with Gasteiger partial charge < -0.3 is 22.1 Å². The topological polar surface area (TPSA) is 128 Å². The third-order valence-electron chi connectivity index (χ3n) is 6.07. The maximum atomic E-state index is 14.5. The SMILES string of the molecule is Cc1ccc(F)cc1C(=O)NCc1ccc(-c2nn(C3CNCCC3(F)F)c(N)c2C(N)=O)cc1. The van der Waals surface area contributed by atoms with Crippen LogP contribution in [0.2, 0.25) is 0 Å². The van der Waals surface area contributed by atoms with E-state index in [2.05, 4.69) is 15.7 Å². The number of nitrogens with zero attached hydrogens (tertiary/aromatic N) is 2. The lowest BCUT2D eigenvalue weighted by Gasteiger charge is -2.32. The number of halogens is 3. The highest BCUT2D eigenvalue weighted by Gasteiger charge is 2.45. The van der Waals surface area contributed by atoms with Crippen LogP contribution >= 0.6 is 0 Å². The van der Waals surface area contributed by atoms with Gasteiger partial charge >= 0.3 is 0 Å². The van der Waals surface area contributed by atoms with E-state index in [1.807, 2.05) is 0 Å². The molecule has 1 aromatic heterocycles. The van der Waals surface area contributed by atoms with Crippen LogP contribution in [0.5, 0.6) is 0 Å². The zero-order chi connectivity index (χ0) is 25.3. The van der Waals surface area contributed by atoms with E-state index < -0.39 is 29.6 Å². The van der Waals surface area contributed by atoms with Gasteiger partial charge in [0.05, 0.1) is 0 Å². The van der Waals surface area contributed by atoms with Crippen LogP contribution in [0.4, 0.5) is 19.0 Å². The molecule has 8 nitrogen and oxygen atoms in total. The molecule has 2 amide bonds. The van der Waals surface area contributed by atoms with Crippen LogP contribution in [-0.4, -0.2) is 40.6 Å². The van der Waals surface area contributed by atoms with Gasteiger partial charge in [-0.15, -0.1) is 0 Å². The number of hydrogen-bond acceptors (Lipinski definition) is 5. The number of amides is 2. The Morgan fingerprint density at radius 2 is 1.94 bits per heavy atom. The molecule has 1 fully saturated rings. The van der Waals surface area contributed by atoms with Crippen LogP contribution in [0, 0.1) is 12.7 Å². The normalized spacial score (nSPS) is 17.2. The number of nitrogens with one attached hydrogen (secondary N) is 2. The minimum Gasteiger partial charge on any atom is -0.383 e. The molecule has 1 saturated heterocycles. The first-order valence-corrected chi connectivity index (χ1v) is 11.0. The summed E-state index contributed by atoms with van der Waals surface area (Å²) in [5, 5.41) is 9.87. The fraction of sp³-hybridized carbons (Fsp3) is 0.292. The fourth-order valence-corrected chi connectivity index (χ4v) is 4.10. The lowest BCUT2D eigenvalue weighted by atomic mass is 10.0. The van der Waals surface area contributed by atoms with Crippen molar-refractivity contribution in [3.8, 4) is 11.3 Å². The van der Waals surface area contributed by atoms with Gasteiger partial charge in [-0.2, -0.15) is 5.10 Å². The molecule has 184 valence electrons. The standard InChI is InChI=1S/C24H25F3N6O2/c1-13-2-7-16(25)10-17(13)23(35)31-11-14-3-5-15(6-4-14)20-19(22(29)34)21(28)33(32-20)18-12-30-9-8-24(18,26)27/h2-7,10,18,30H,8-9,11-12,28H2,1H3,(H2,29,34)(H,31,35). The second-order valence-electron chi connectivity index (χ2n) is 8.49. The molecule has 2 aromatic carbocycles. The Morgan fingerprint density at radius 1 is 1.23 bits per heavy atom. The fourth-order valence-electron chi connectivity index (χ4n) is 4.10. The molecule has 1 atom stereocenters. The molecular formula is C24H25F3N6O2. The predicted molar refractivity (Wildman–Crippen MR) is 124 cm³/mol. The Kier molecular flexibility index (Phi) is 6.53. The lowest BCUT2D eigenvalue weighted by Crippen LogP contribution is -2.46. The molecule has 1 unspecified atom stereocenters. The van der Waals surface area contributed by atoms with Crippen molar-refractivity contribution >= 4 is 17.6 Å². The summed E-state index contributed by atoms with van der Waals surface area (Å²) in [7, 11) is 0. The van der Waals surface area contributed by atoms with Gasteiger partial charge in [0.2, 0.25) is 0 Å². The number of nitrogen functional groups attached to an aromatic ring is 1. The Balaban J connectivity index is 1.56. The average Bonchev–Trinajstić information content (AvgIpc) is 3.16. The van der Waals surface area contributed by atoms with Gasteiger partial charge in [0.1, 0.15) is 28.9 Å². The van der Waals surface area contributed by atoms with Crippen LogP contribution < -0.4 is 22.1 Å². The summed E-state index contributed by atoms with van der Waals surface area (Å²) in [4.78, 5) is 24.5. The molecule has 6 N–H and O–H groups in total. The molecule has 1 aliphatic heterocycles. The number of alkyl halides is 2. The number of primary amides is 1. The van der Waals surface area contributed by atoms with E-state index >= 15 is 0 Å². The largest absolute Gasteiger partial charge is 0.383 e. The molecule has 4 rings (SSSR count). The van der Waals surface area contributed by atoms with Crippen molar-refractivity contribution in [1.82, 2.24) is 20.4 Å². The van der Waals surface area contributed by atoms with E-state index in [-0.39, 0.29) is 48.7 Å². The van der Waals surface area contributed by atoms with Crippen LogP contribution in [0.3, 0.4) is 0 Å². The van der Waals surface area contributed by atoms with E-state index in [0.717, 1.165) is 4.68 Å². The third kappa shape index (κ3) is 4.85. The van der Waals surface area contributed by atoms with Crippen molar-refractivity contribution in [2.75, 3.05) is 18.8 Å². The molecule has 35 heavy (non-hydrogen) atoms. The molecule has 0 aliphatic carbocycles. The second-order valence-corrected chi connectivity index (χ2v) is 8.49. The summed E-state index contributed by atoms with van der Waals surface area (Å²) in [5.41, 5.74) is 13.6. The summed E-state index contributed by atoms with van der Waals surface area (Å²) in [6.45, 7) is 1.98. The Labute approximate surface area is 199 Å². The van der Waals surface area contributed by atoms with Crippen molar-refractivity contribution < 1.29 is 22.8 Å². The molecule has 0 radical (unpaired) electrons. The van der Waals surface area contributed by atoms with E-state index in [1.165, 1.54) is 18.2 Å². The van der Waals surface area contributed by atoms with Gasteiger partial charge in [-0.3, -0.25) is 9.59 Å².